The molecule has 1 unspecified atom stereocenters. The second-order valence-electron chi connectivity index (χ2n) is 5.45. The van der Waals surface area contributed by atoms with E-state index in [-0.39, 0.29) is 23.3 Å². The standard InChI is InChI=1S/C15H17N5O3/c1-10-4-7-14(19-16-10)23-11-3-2-8-20(9-11)15(22)12-5-6-13(21)18-17-12/h4-7,11H,2-3,8-9H2,1H3,(H,18,21). The molecular formula is C15H17N5O3. The Hall–Kier alpha value is -2.77. The van der Waals surface area contributed by atoms with Crippen molar-refractivity contribution in [3.8, 4) is 5.88 Å². The van der Waals surface area contributed by atoms with E-state index in [1.54, 1.807) is 11.0 Å². The first-order valence-corrected chi connectivity index (χ1v) is 7.44. The van der Waals surface area contributed by atoms with E-state index in [1.165, 1.54) is 12.1 Å². The first kappa shape index (κ1) is 15.1. The molecule has 0 aliphatic carbocycles. The Balaban J connectivity index is 1.65. The molecule has 2 aromatic heterocycles. The van der Waals surface area contributed by atoms with Crippen LogP contribution in [0.4, 0.5) is 0 Å². The Morgan fingerprint density at radius 1 is 1.30 bits per heavy atom. The third kappa shape index (κ3) is 3.71. The number of H-pyrrole nitrogens is 1. The lowest BCUT2D eigenvalue weighted by Crippen LogP contribution is -2.44. The summed E-state index contributed by atoms with van der Waals surface area (Å²) >= 11 is 0. The van der Waals surface area contributed by atoms with E-state index in [0.29, 0.717) is 19.0 Å². The highest BCUT2D eigenvalue weighted by atomic mass is 16.5. The van der Waals surface area contributed by atoms with E-state index >= 15 is 0 Å². The minimum atomic E-state index is -0.334. The average Bonchev–Trinajstić information content (AvgIpc) is 2.57. The summed E-state index contributed by atoms with van der Waals surface area (Å²) in [6.45, 7) is 2.95. The van der Waals surface area contributed by atoms with Gasteiger partial charge in [-0.1, -0.05) is 0 Å². The molecule has 1 aliphatic heterocycles. The van der Waals surface area contributed by atoms with E-state index in [2.05, 4.69) is 20.4 Å². The van der Waals surface area contributed by atoms with Crippen LogP contribution in [0.25, 0.3) is 0 Å². The Morgan fingerprint density at radius 3 is 2.87 bits per heavy atom. The molecule has 1 aliphatic rings. The highest BCUT2D eigenvalue weighted by Crippen LogP contribution is 2.17. The Morgan fingerprint density at radius 2 is 2.17 bits per heavy atom. The zero-order valence-electron chi connectivity index (χ0n) is 12.7. The van der Waals surface area contributed by atoms with Crippen molar-refractivity contribution in [3.05, 3.63) is 46.0 Å². The SMILES string of the molecule is Cc1ccc(OC2CCCN(C(=O)c3ccc(=O)[nH]n3)C2)nn1. The summed E-state index contributed by atoms with van der Waals surface area (Å²) in [5.41, 5.74) is 0.710. The van der Waals surface area contributed by atoms with Crippen LogP contribution >= 0.6 is 0 Å². The normalized spacial score (nSPS) is 17.8. The summed E-state index contributed by atoms with van der Waals surface area (Å²) in [5, 5.41) is 14.0. The lowest BCUT2D eigenvalue weighted by molar-refractivity contribution is 0.0519. The van der Waals surface area contributed by atoms with Crippen molar-refractivity contribution in [1.29, 1.82) is 0 Å². The second-order valence-corrected chi connectivity index (χ2v) is 5.45. The molecule has 3 rings (SSSR count). The summed E-state index contributed by atoms with van der Waals surface area (Å²) in [6, 6.07) is 6.32. The number of piperidine rings is 1. The number of aromatic nitrogens is 4. The fraction of sp³-hybridized carbons (Fsp3) is 0.400. The second kappa shape index (κ2) is 6.55. The van der Waals surface area contributed by atoms with Gasteiger partial charge in [-0.2, -0.15) is 10.2 Å². The zero-order chi connectivity index (χ0) is 16.2. The molecule has 23 heavy (non-hydrogen) atoms. The molecule has 0 saturated carbocycles. The van der Waals surface area contributed by atoms with E-state index in [4.69, 9.17) is 4.74 Å². The molecule has 120 valence electrons. The highest BCUT2D eigenvalue weighted by Gasteiger charge is 2.26. The van der Waals surface area contributed by atoms with Gasteiger partial charge in [-0.05, 0) is 31.9 Å². The van der Waals surface area contributed by atoms with Gasteiger partial charge in [-0.15, -0.1) is 5.10 Å². The van der Waals surface area contributed by atoms with Crippen LogP contribution in [0.1, 0.15) is 29.0 Å². The molecule has 2 aromatic rings. The van der Waals surface area contributed by atoms with Gasteiger partial charge >= 0.3 is 0 Å². The van der Waals surface area contributed by atoms with E-state index in [1.807, 2.05) is 13.0 Å². The molecule has 8 nitrogen and oxygen atoms in total. The minimum Gasteiger partial charge on any atom is -0.471 e. The third-order valence-corrected chi connectivity index (χ3v) is 3.62. The molecule has 1 fully saturated rings. The Bertz CT molecular complexity index is 723. The maximum Gasteiger partial charge on any atom is 0.274 e. The van der Waals surface area contributed by atoms with Crippen LogP contribution in [0.2, 0.25) is 0 Å². The zero-order valence-corrected chi connectivity index (χ0v) is 12.7. The number of likely N-dealkylation sites (tertiary alicyclic amines) is 1. The van der Waals surface area contributed by atoms with E-state index in [0.717, 1.165) is 18.5 Å². The maximum absolute atomic E-state index is 12.4. The van der Waals surface area contributed by atoms with Crippen molar-refractivity contribution < 1.29 is 9.53 Å². The Kier molecular flexibility index (Phi) is 4.31. The number of hydrogen-bond acceptors (Lipinski definition) is 6. The predicted octanol–water partition coefficient (Wildman–Crippen LogP) is 0.552. The number of carbonyl (C=O) groups excluding carboxylic acids is 1. The molecule has 0 bridgehead atoms. The molecule has 0 radical (unpaired) electrons. The number of hydrogen-bond donors (Lipinski definition) is 1. The number of amides is 1. The van der Waals surface area contributed by atoms with Crippen molar-refractivity contribution in [2.45, 2.75) is 25.9 Å². The van der Waals surface area contributed by atoms with Crippen molar-refractivity contribution in [2.24, 2.45) is 0 Å². The van der Waals surface area contributed by atoms with Gasteiger partial charge in [0.15, 0.2) is 0 Å². The van der Waals surface area contributed by atoms with Crippen LogP contribution in [0.5, 0.6) is 5.88 Å². The molecule has 3 heterocycles. The quantitative estimate of drug-likeness (QED) is 0.887. The van der Waals surface area contributed by atoms with Gasteiger partial charge in [0.2, 0.25) is 5.88 Å². The summed E-state index contributed by atoms with van der Waals surface area (Å²) < 4.78 is 5.80. The number of aryl methyl sites for hydroxylation is 1. The number of ether oxygens (including phenoxy) is 1. The number of carbonyl (C=O) groups is 1. The van der Waals surface area contributed by atoms with Crippen LogP contribution < -0.4 is 10.3 Å². The largest absolute Gasteiger partial charge is 0.471 e. The molecule has 1 amide bonds. The van der Waals surface area contributed by atoms with Crippen LogP contribution in [-0.2, 0) is 0 Å². The van der Waals surface area contributed by atoms with Crippen molar-refractivity contribution in [3.63, 3.8) is 0 Å². The number of nitrogens with one attached hydrogen (secondary N) is 1. The van der Waals surface area contributed by atoms with Gasteiger partial charge in [-0.3, -0.25) is 9.59 Å². The molecular weight excluding hydrogens is 298 g/mol. The van der Waals surface area contributed by atoms with Gasteiger partial charge in [0.1, 0.15) is 11.8 Å². The van der Waals surface area contributed by atoms with Crippen LogP contribution in [0.3, 0.4) is 0 Å². The first-order valence-electron chi connectivity index (χ1n) is 7.44. The smallest absolute Gasteiger partial charge is 0.274 e. The summed E-state index contributed by atoms with van der Waals surface area (Å²) in [6.07, 6.45) is 1.55. The average molecular weight is 315 g/mol. The molecule has 1 saturated heterocycles. The van der Waals surface area contributed by atoms with Crippen LogP contribution in [0.15, 0.2) is 29.1 Å². The van der Waals surface area contributed by atoms with Gasteiger partial charge in [-0.25, -0.2) is 5.10 Å². The lowest BCUT2D eigenvalue weighted by atomic mass is 10.1. The summed E-state index contributed by atoms with van der Waals surface area (Å²) in [7, 11) is 0. The highest BCUT2D eigenvalue weighted by molar-refractivity contribution is 5.92. The van der Waals surface area contributed by atoms with Crippen LogP contribution in [0, 0.1) is 6.92 Å². The van der Waals surface area contributed by atoms with Gasteiger partial charge in [0, 0.05) is 18.7 Å². The molecule has 0 spiro atoms. The number of nitrogens with zero attached hydrogens (tertiary/aromatic N) is 4. The van der Waals surface area contributed by atoms with Gasteiger partial charge in [0.25, 0.3) is 11.5 Å². The monoisotopic (exact) mass is 315 g/mol. The first-order chi connectivity index (χ1) is 11.1. The van der Waals surface area contributed by atoms with Gasteiger partial charge in [0.05, 0.1) is 12.2 Å². The molecule has 8 heteroatoms. The summed E-state index contributed by atoms with van der Waals surface area (Å²) in [5.74, 6) is 0.238. The lowest BCUT2D eigenvalue weighted by Gasteiger charge is -2.32. The molecule has 0 aromatic carbocycles. The maximum atomic E-state index is 12.4. The third-order valence-electron chi connectivity index (χ3n) is 3.62. The molecule has 1 atom stereocenters. The van der Waals surface area contributed by atoms with Crippen molar-refractivity contribution >= 4 is 5.91 Å². The number of rotatable bonds is 3. The number of aromatic amines is 1. The predicted molar refractivity (Wildman–Crippen MR) is 81.2 cm³/mol. The fourth-order valence-corrected chi connectivity index (χ4v) is 2.46. The van der Waals surface area contributed by atoms with E-state index < -0.39 is 0 Å². The van der Waals surface area contributed by atoms with E-state index in [9.17, 15) is 9.59 Å². The Labute approximate surface area is 132 Å². The minimum absolute atomic E-state index is 0.132. The summed E-state index contributed by atoms with van der Waals surface area (Å²) in [4.78, 5) is 25.1. The fourth-order valence-electron chi connectivity index (χ4n) is 2.46. The molecule has 1 N–H and O–H groups in total. The topological polar surface area (TPSA) is 101 Å². The van der Waals surface area contributed by atoms with Crippen molar-refractivity contribution in [1.82, 2.24) is 25.3 Å². The van der Waals surface area contributed by atoms with Gasteiger partial charge < -0.3 is 9.64 Å². The van der Waals surface area contributed by atoms with Crippen molar-refractivity contribution in [2.75, 3.05) is 13.1 Å². The van der Waals surface area contributed by atoms with Crippen LogP contribution in [-0.4, -0.2) is 50.4 Å².